The molecule has 0 saturated carbocycles. The summed E-state index contributed by atoms with van der Waals surface area (Å²) in [4.78, 5) is 2.43. The van der Waals surface area contributed by atoms with Gasteiger partial charge in [-0.05, 0) is 26.8 Å². The Morgan fingerprint density at radius 2 is 1.92 bits per heavy atom. The van der Waals surface area contributed by atoms with Crippen molar-refractivity contribution in [2.24, 2.45) is 5.73 Å². The van der Waals surface area contributed by atoms with Crippen LogP contribution in [0.5, 0.6) is 0 Å². The van der Waals surface area contributed by atoms with Crippen LogP contribution in [0.2, 0.25) is 0 Å². The third-order valence-electron chi connectivity index (χ3n) is 3.03. The number of nitrogens with zero attached hydrogens (tertiary/aromatic N) is 1. The summed E-state index contributed by atoms with van der Waals surface area (Å²) in [5, 5.41) is 0. The van der Waals surface area contributed by atoms with E-state index in [1.165, 1.54) is 25.7 Å². The SMILES string of the molecule is CCCCC(CN)N(C)C(C)CC. The lowest BCUT2D eigenvalue weighted by atomic mass is 10.1. The van der Waals surface area contributed by atoms with Crippen molar-refractivity contribution < 1.29 is 0 Å². The molecule has 0 spiro atoms. The van der Waals surface area contributed by atoms with Crippen LogP contribution < -0.4 is 5.73 Å². The van der Waals surface area contributed by atoms with Crippen LogP contribution in [0.15, 0.2) is 0 Å². The van der Waals surface area contributed by atoms with E-state index in [0.717, 1.165) is 6.54 Å². The maximum atomic E-state index is 5.77. The predicted octanol–water partition coefficient (Wildman–Crippen LogP) is 2.23. The molecule has 0 fully saturated rings. The van der Waals surface area contributed by atoms with Gasteiger partial charge >= 0.3 is 0 Å². The lowest BCUT2D eigenvalue weighted by Gasteiger charge is -2.31. The largest absolute Gasteiger partial charge is 0.329 e. The van der Waals surface area contributed by atoms with Crippen molar-refractivity contribution in [3.63, 3.8) is 0 Å². The molecule has 0 aromatic heterocycles. The highest BCUT2D eigenvalue weighted by Crippen LogP contribution is 2.10. The van der Waals surface area contributed by atoms with E-state index in [0.29, 0.717) is 12.1 Å². The van der Waals surface area contributed by atoms with Crippen LogP contribution in [0, 0.1) is 0 Å². The Bertz CT molecular complexity index is 115. The fourth-order valence-electron chi connectivity index (χ4n) is 1.58. The molecule has 0 heterocycles. The smallest absolute Gasteiger partial charge is 0.0218 e. The maximum Gasteiger partial charge on any atom is 0.0218 e. The van der Waals surface area contributed by atoms with Gasteiger partial charge in [0.15, 0.2) is 0 Å². The van der Waals surface area contributed by atoms with Gasteiger partial charge in [-0.15, -0.1) is 0 Å². The molecule has 2 atom stereocenters. The molecule has 0 aromatic rings. The second-order valence-corrected chi connectivity index (χ2v) is 3.95. The molecular weight excluding hydrogens is 160 g/mol. The fraction of sp³-hybridized carbons (Fsp3) is 1.00. The summed E-state index contributed by atoms with van der Waals surface area (Å²) in [7, 11) is 2.20. The molecule has 0 radical (unpaired) electrons. The fourth-order valence-corrected chi connectivity index (χ4v) is 1.58. The van der Waals surface area contributed by atoms with Crippen LogP contribution in [0.3, 0.4) is 0 Å². The van der Waals surface area contributed by atoms with Gasteiger partial charge < -0.3 is 5.73 Å². The number of hydrogen-bond donors (Lipinski definition) is 1. The molecule has 2 nitrogen and oxygen atoms in total. The van der Waals surface area contributed by atoms with Crippen LogP contribution >= 0.6 is 0 Å². The first-order valence-electron chi connectivity index (χ1n) is 5.59. The van der Waals surface area contributed by atoms with Gasteiger partial charge in [0, 0.05) is 18.6 Å². The Morgan fingerprint density at radius 1 is 1.31 bits per heavy atom. The van der Waals surface area contributed by atoms with E-state index >= 15 is 0 Å². The van der Waals surface area contributed by atoms with E-state index in [2.05, 4.69) is 32.7 Å². The second kappa shape index (κ2) is 7.34. The number of rotatable bonds is 7. The highest BCUT2D eigenvalue weighted by atomic mass is 15.2. The van der Waals surface area contributed by atoms with Gasteiger partial charge in [0.25, 0.3) is 0 Å². The molecule has 0 saturated heterocycles. The van der Waals surface area contributed by atoms with Gasteiger partial charge in [-0.25, -0.2) is 0 Å². The summed E-state index contributed by atoms with van der Waals surface area (Å²) in [6, 6.07) is 1.24. The number of nitrogens with two attached hydrogens (primary N) is 1. The average Bonchev–Trinajstić information content (AvgIpc) is 2.17. The summed E-state index contributed by atoms with van der Waals surface area (Å²) in [5.74, 6) is 0. The molecule has 0 aliphatic heterocycles. The second-order valence-electron chi connectivity index (χ2n) is 3.95. The van der Waals surface area contributed by atoms with Gasteiger partial charge in [0.2, 0.25) is 0 Å². The number of hydrogen-bond acceptors (Lipinski definition) is 2. The molecule has 0 aliphatic rings. The first-order valence-corrected chi connectivity index (χ1v) is 5.59. The Balaban J connectivity index is 3.90. The van der Waals surface area contributed by atoms with E-state index in [4.69, 9.17) is 5.73 Å². The first kappa shape index (κ1) is 12.9. The number of unbranched alkanes of at least 4 members (excludes halogenated alkanes) is 1. The third-order valence-corrected chi connectivity index (χ3v) is 3.03. The zero-order valence-electron chi connectivity index (χ0n) is 9.71. The normalized spacial score (nSPS) is 16.2. The van der Waals surface area contributed by atoms with Crippen LogP contribution in [-0.2, 0) is 0 Å². The summed E-state index contributed by atoms with van der Waals surface area (Å²) in [5.41, 5.74) is 5.77. The van der Waals surface area contributed by atoms with Crippen LogP contribution in [0.4, 0.5) is 0 Å². The minimum atomic E-state index is 0.579. The lowest BCUT2D eigenvalue weighted by Crippen LogP contribution is -2.42. The molecule has 2 unspecified atom stereocenters. The Hall–Kier alpha value is -0.0800. The summed E-state index contributed by atoms with van der Waals surface area (Å²) in [6.45, 7) is 7.53. The van der Waals surface area contributed by atoms with Crippen LogP contribution in [0.1, 0.15) is 46.5 Å². The lowest BCUT2D eigenvalue weighted by molar-refractivity contribution is 0.173. The van der Waals surface area contributed by atoms with Crippen LogP contribution in [0.25, 0.3) is 0 Å². The predicted molar refractivity (Wildman–Crippen MR) is 59.9 cm³/mol. The molecule has 2 N–H and O–H groups in total. The van der Waals surface area contributed by atoms with Crippen molar-refractivity contribution in [3.8, 4) is 0 Å². The van der Waals surface area contributed by atoms with E-state index in [1.807, 2.05) is 0 Å². The summed E-state index contributed by atoms with van der Waals surface area (Å²) >= 11 is 0. The van der Waals surface area contributed by atoms with Gasteiger partial charge in [-0.1, -0.05) is 26.7 Å². The van der Waals surface area contributed by atoms with E-state index in [9.17, 15) is 0 Å². The third kappa shape index (κ3) is 4.63. The van der Waals surface area contributed by atoms with E-state index < -0.39 is 0 Å². The minimum Gasteiger partial charge on any atom is -0.329 e. The Morgan fingerprint density at radius 3 is 2.31 bits per heavy atom. The van der Waals surface area contributed by atoms with Crippen molar-refractivity contribution in [3.05, 3.63) is 0 Å². The quantitative estimate of drug-likeness (QED) is 0.660. The summed E-state index contributed by atoms with van der Waals surface area (Å²) < 4.78 is 0. The maximum absolute atomic E-state index is 5.77. The summed E-state index contributed by atoms with van der Waals surface area (Å²) in [6.07, 6.45) is 5.01. The molecular formula is C11H26N2. The topological polar surface area (TPSA) is 29.3 Å². The molecule has 0 rings (SSSR count). The van der Waals surface area contributed by atoms with Crippen molar-refractivity contribution in [1.29, 1.82) is 0 Å². The number of likely N-dealkylation sites (N-methyl/N-ethyl adjacent to an activating group) is 1. The molecule has 0 amide bonds. The Kier molecular flexibility index (Phi) is 7.29. The highest BCUT2D eigenvalue weighted by molar-refractivity contribution is 4.73. The van der Waals surface area contributed by atoms with E-state index in [-0.39, 0.29) is 0 Å². The molecule has 13 heavy (non-hydrogen) atoms. The van der Waals surface area contributed by atoms with Crippen molar-refractivity contribution in [2.75, 3.05) is 13.6 Å². The Labute approximate surface area is 83.5 Å². The van der Waals surface area contributed by atoms with Crippen LogP contribution in [-0.4, -0.2) is 30.6 Å². The van der Waals surface area contributed by atoms with Gasteiger partial charge in [-0.2, -0.15) is 0 Å². The van der Waals surface area contributed by atoms with Crippen molar-refractivity contribution in [1.82, 2.24) is 4.90 Å². The first-order chi connectivity index (χ1) is 6.17. The van der Waals surface area contributed by atoms with Gasteiger partial charge in [-0.3, -0.25) is 4.90 Å². The van der Waals surface area contributed by atoms with E-state index in [1.54, 1.807) is 0 Å². The molecule has 80 valence electrons. The standard InChI is InChI=1S/C11H26N2/c1-5-7-8-11(9-12)13(4)10(3)6-2/h10-11H,5-9,12H2,1-4H3. The zero-order chi connectivity index (χ0) is 10.3. The van der Waals surface area contributed by atoms with Crippen molar-refractivity contribution in [2.45, 2.75) is 58.5 Å². The zero-order valence-corrected chi connectivity index (χ0v) is 9.71. The molecule has 0 bridgehead atoms. The highest BCUT2D eigenvalue weighted by Gasteiger charge is 2.16. The monoisotopic (exact) mass is 186 g/mol. The van der Waals surface area contributed by atoms with Crippen molar-refractivity contribution >= 4 is 0 Å². The van der Waals surface area contributed by atoms with Gasteiger partial charge in [0.1, 0.15) is 0 Å². The minimum absolute atomic E-state index is 0.579. The van der Waals surface area contributed by atoms with Gasteiger partial charge in [0.05, 0.1) is 0 Å². The average molecular weight is 186 g/mol. The molecule has 2 heteroatoms. The molecule has 0 aromatic carbocycles. The molecule has 0 aliphatic carbocycles.